The van der Waals surface area contributed by atoms with Gasteiger partial charge in [-0.1, -0.05) is 53.3 Å². The molecule has 0 amide bonds. The van der Waals surface area contributed by atoms with Crippen LogP contribution in [0.1, 0.15) is 24.3 Å². The lowest BCUT2D eigenvalue weighted by Crippen LogP contribution is -2.39. The molecule has 5 rings (SSSR count). The number of fused-ring (bicyclic) bond motifs is 1. The fourth-order valence-electron chi connectivity index (χ4n) is 3.97. The van der Waals surface area contributed by atoms with Crippen LogP contribution in [0.25, 0.3) is 17.4 Å². The number of rotatable bonds is 4. The molecule has 0 fully saturated rings. The quantitative estimate of drug-likeness (QED) is 0.399. The summed E-state index contributed by atoms with van der Waals surface area (Å²) in [6, 6.07) is 19.7. The Bertz CT molecular complexity index is 1590. The fraction of sp³-hybridized carbons (Fsp3) is 0.115. The lowest BCUT2D eigenvalue weighted by atomic mass is 9.96. The predicted molar refractivity (Wildman–Crippen MR) is 131 cm³/mol. The zero-order valence-corrected chi connectivity index (χ0v) is 19.9. The number of ether oxygens (including phenoxy) is 1. The van der Waals surface area contributed by atoms with E-state index in [0.717, 1.165) is 11.1 Å². The predicted octanol–water partition coefficient (Wildman–Crippen LogP) is 4.32. The van der Waals surface area contributed by atoms with Gasteiger partial charge in [0.2, 0.25) is 0 Å². The molecule has 0 saturated heterocycles. The van der Waals surface area contributed by atoms with Crippen molar-refractivity contribution in [3.63, 3.8) is 0 Å². The van der Waals surface area contributed by atoms with Gasteiger partial charge in [-0.05, 0) is 48.9 Å². The second-order valence-electron chi connectivity index (χ2n) is 7.69. The first kappa shape index (κ1) is 22.1. The lowest BCUT2D eigenvalue weighted by molar-refractivity contribution is -0.136. The van der Waals surface area contributed by atoms with Crippen LogP contribution < -0.4 is 14.9 Å². The summed E-state index contributed by atoms with van der Waals surface area (Å²) in [7, 11) is 1.32. The number of hydrogen-bond acceptors (Lipinski definition) is 6. The average Bonchev–Trinajstić information content (AvgIpc) is 3.43. The molecule has 1 aliphatic rings. The molecule has 2 aromatic heterocycles. The first-order chi connectivity index (χ1) is 16.5. The van der Waals surface area contributed by atoms with Crippen LogP contribution in [0.2, 0.25) is 5.02 Å². The van der Waals surface area contributed by atoms with Crippen LogP contribution in [0.4, 0.5) is 0 Å². The first-order valence-corrected chi connectivity index (χ1v) is 11.7. The van der Waals surface area contributed by atoms with Gasteiger partial charge in [0.25, 0.3) is 5.56 Å². The number of carbonyl (C=O) groups excluding carboxylic acids is 1. The molecule has 0 unspecified atom stereocenters. The van der Waals surface area contributed by atoms with Crippen LogP contribution in [-0.2, 0) is 9.53 Å². The Morgan fingerprint density at radius 3 is 2.56 bits per heavy atom. The number of nitrogens with zero attached hydrogens (tertiary/aromatic N) is 2. The number of esters is 1. The molecular weight excluding hydrogens is 472 g/mol. The highest BCUT2D eigenvalue weighted by molar-refractivity contribution is 7.07. The maximum absolute atomic E-state index is 13.5. The van der Waals surface area contributed by atoms with Gasteiger partial charge in [0.05, 0.1) is 29.0 Å². The third-order valence-corrected chi connectivity index (χ3v) is 6.81. The highest BCUT2D eigenvalue weighted by Crippen LogP contribution is 2.30. The smallest absolute Gasteiger partial charge is 0.338 e. The second-order valence-corrected chi connectivity index (χ2v) is 9.14. The SMILES string of the molecule is COC(=O)C1=C(C)N=c2s/c(=C\c3ccc(-c4ccc(Cl)cc4)o3)c(=O)n2[C@H]1c1ccccc1. The number of benzene rings is 2. The van der Waals surface area contributed by atoms with E-state index in [-0.39, 0.29) is 5.56 Å². The minimum atomic E-state index is -0.631. The summed E-state index contributed by atoms with van der Waals surface area (Å²) in [5, 5.41) is 0.645. The summed E-state index contributed by atoms with van der Waals surface area (Å²) in [5.74, 6) is 0.695. The van der Waals surface area contributed by atoms with Gasteiger partial charge in [0.1, 0.15) is 11.5 Å². The van der Waals surface area contributed by atoms with Gasteiger partial charge in [-0.2, -0.15) is 0 Å². The van der Waals surface area contributed by atoms with Crippen molar-refractivity contribution in [1.82, 2.24) is 4.57 Å². The van der Waals surface area contributed by atoms with Gasteiger partial charge in [-0.15, -0.1) is 0 Å². The van der Waals surface area contributed by atoms with Gasteiger partial charge in [0.15, 0.2) is 4.80 Å². The Morgan fingerprint density at radius 1 is 1.12 bits per heavy atom. The molecule has 1 atom stereocenters. The Hall–Kier alpha value is -3.68. The molecular formula is C26H19ClN2O4S. The summed E-state index contributed by atoms with van der Waals surface area (Å²) in [5.41, 5.74) is 2.30. The summed E-state index contributed by atoms with van der Waals surface area (Å²) < 4.78 is 13.0. The number of carbonyl (C=O) groups is 1. The van der Waals surface area contributed by atoms with Crippen LogP contribution in [0.15, 0.2) is 92.2 Å². The Balaban J connectivity index is 1.63. The van der Waals surface area contributed by atoms with Crippen molar-refractivity contribution in [2.75, 3.05) is 7.11 Å². The first-order valence-electron chi connectivity index (χ1n) is 10.5. The molecule has 0 radical (unpaired) electrons. The van der Waals surface area contributed by atoms with Gasteiger partial charge in [0, 0.05) is 16.7 Å². The monoisotopic (exact) mass is 490 g/mol. The van der Waals surface area contributed by atoms with Crippen molar-refractivity contribution in [3.05, 3.63) is 114 Å². The second kappa shape index (κ2) is 8.93. The normalized spacial score (nSPS) is 15.7. The summed E-state index contributed by atoms with van der Waals surface area (Å²) in [4.78, 5) is 31.3. The summed E-state index contributed by atoms with van der Waals surface area (Å²) >= 11 is 7.22. The molecule has 3 heterocycles. The van der Waals surface area contributed by atoms with Crippen LogP contribution in [0.3, 0.4) is 0 Å². The number of hydrogen-bond donors (Lipinski definition) is 0. The molecule has 6 nitrogen and oxygen atoms in total. The van der Waals surface area contributed by atoms with E-state index >= 15 is 0 Å². The van der Waals surface area contributed by atoms with E-state index in [0.29, 0.717) is 37.1 Å². The van der Waals surface area contributed by atoms with Crippen LogP contribution in [-0.4, -0.2) is 17.6 Å². The van der Waals surface area contributed by atoms with E-state index in [1.807, 2.05) is 54.6 Å². The third kappa shape index (κ3) is 3.93. The average molecular weight is 491 g/mol. The van der Waals surface area contributed by atoms with Gasteiger partial charge >= 0.3 is 5.97 Å². The zero-order chi connectivity index (χ0) is 23.8. The fourth-order valence-corrected chi connectivity index (χ4v) is 5.12. The van der Waals surface area contributed by atoms with Crippen molar-refractivity contribution in [3.8, 4) is 11.3 Å². The Kier molecular flexibility index (Phi) is 5.81. The number of furan rings is 1. The van der Waals surface area contributed by atoms with Crippen molar-refractivity contribution in [2.24, 2.45) is 4.99 Å². The number of allylic oxidation sites excluding steroid dienone is 1. The van der Waals surface area contributed by atoms with Crippen molar-refractivity contribution >= 4 is 35.0 Å². The Labute approximate surface area is 203 Å². The molecule has 0 bridgehead atoms. The maximum Gasteiger partial charge on any atom is 0.338 e. The Morgan fingerprint density at radius 2 is 1.85 bits per heavy atom. The van der Waals surface area contributed by atoms with Crippen molar-refractivity contribution < 1.29 is 13.9 Å². The maximum atomic E-state index is 13.5. The molecule has 2 aromatic carbocycles. The summed E-state index contributed by atoms with van der Waals surface area (Å²) in [6.45, 7) is 1.75. The standard InChI is InChI=1S/C26H19ClN2O4S/c1-15-22(25(31)32-2)23(17-6-4-3-5-7-17)29-24(30)21(34-26(29)28-15)14-19-12-13-20(33-19)16-8-10-18(27)11-9-16/h3-14,23H,1-2H3/b21-14-/t23-/m0/s1. The van der Waals surface area contributed by atoms with Crippen LogP contribution >= 0.6 is 22.9 Å². The van der Waals surface area contributed by atoms with E-state index in [1.54, 1.807) is 29.7 Å². The molecule has 34 heavy (non-hydrogen) atoms. The van der Waals surface area contributed by atoms with E-state index in [9.17, 15) is 9.59 Å². The minimum Gasteiger partial charge on any atom is -0.466 e. The van der Waals surface area contributed by atoms with E-state index in [4.69, 9.17) is 20.8 Å². The highest BCUT2D eigenvalue weighted by Gasteiger charge is 2.32. The largest absolute Gasteiger partial charge is 0.466 e. The zero-order valence-electron chi connectivity index (χ0n) is 18.3. The molecule has 0 spiro atoms. The van der Waals surface area contributed by atoms with Gasteiger partial charge in [-0.25, -0.2) is 9.79 Å². The van der Waals surface area contributed by atoms with Crippen molar-refractivity contribution in [1.29, 1.82) is 0 Å². The number of halogens is 1. The number of thiazole rings is 1. The molecule has 4 aromatic rings. The summed E-state index contributed by atoms with van der Waals surface area (Å²) in [6.07, 6.45) is 1.70. The molecule has 0 aliphatic carbocycles. The molecule has 0 N–H and O–H groups in total. The lowest BCUT2D eigenvalue weighted by Gasteiger charge is -2.24. The highest BCUT2D eigenvalue weighted by atomic mass is 35.5. The van der Waals surface area contributed by atoms with Crippen LogP contribution in [0.5, 0.6) is 0 Å². The molecule has 0 saturated carbocycles. The van der Waals surface area contributed by atoms with Gasteiger partial charge < -0.3 is 9.15 Å². The van der Waals surface area contributed by atoms with E-state index in [2.05, 4.69) is 4.99 Å². The van der Waals surface area contributed by atoms with Crippen molar-refractivity contribution in [2.45, 2.75) is 13.0 Å². The molecule has 8 heteroatoms. The van der Waals surface area contributed by atoms with Crippen LogP contribution in [0, 0.1) is 0 Å². The topological polar surface area (TPSA) is 73.8 Å². The molecule has 170 valence electrons. The minimum absolute atomic E-state index is 0.254. The third-order valence-electron chi connectivity index (χ3n) is 5.57. The van der Waals surface area contributed by atoms with E-state index < -0.39 is 12.0 Å². The number of aromatic nitrogens is 1. The van der Waals surface area contributed by atoms with E-state index in [1.165, 1.54) is 18.4 Å². The van der Waals surface area contributed by atoms with Gasteiger partial charge in [-0.3, -0.25) is 9.36 Å². The molecule has 1 aliphatic heterocycles. The number of methoxy groups -OCH3 is 1.